The zero-order valence-electron chi connectivity index (χ0n) is 11.5. The van der Waals surface area contributed by atoms with Gasteiger partial charge in [-0.25, -0.2) is 0 Å². The molecule has 0 spiro atoms. The highest BCUT2D eigenvalue weighted by Crippen LogP contribution is 2.64. The monoisotopic (exact) mass is 347 g/mol. The molecule has 0 radical (unpaired) electrons. The SMILES string of the molecule is CNC(c1ccc(Br)s1)C1C2CCc3ccccc3C21. The van der Waals surface area contributed by atoms with Crippen molar-refractivity contribution in [3.05, 3.63) is 56.2 Å². The first-order chi connectivity index (χ1) is 9.79. The average Bonchev–Trinajstić information content (AvgIpc) is 3.05. The summed E-state index contributed by atoms with van der Waals surface area (Å²) in [6.45, 7) is 0. The van der Waals surface area contributed by atoms with Gasteiger partial charge in [0.1, 0.15) is 0 Å². The highest BCUT2D eigenvalue weighted by molar-refractivity contribution is 9.11. The van der Waals surface area contributed by atoms with Gasteiger partial charge < -0.3 is 5.32 Å². The maximum atomic E-state index is 3.59. The summed E-state index contributed by atoms with van der Waals surface area (Å²) in [6.07, 6.45) is 2.62. The Balaban J connectivity index is 1.65. The molecular weight excluding hydrogens is 330 g/mol. The Morgan fingerprint density at radius 3 is 2.85 bits per heavy atom. The summed E-state index contributed by atoms with van der Waals surface area (Å²) in [7, 11) is 2.11. The standard InChI is InChI=1S/C17H18BrNS/c1-19-17(13-8-9-14(18)20-13)16-12-7-6-10-4-2-3-5-11(10)15(12)16/h2-5,8-9,12,15-17,19H,6-7H2,1H3. The third-order valence-electron chi connectivity index (χ3n) is 4.99. The van der Waals surface area contributed by atoms with Gasteiger partial charge in [-0.3, -0.25) is 0 Å². The summed E-state index contributed by atoms with van der Waals surface area (Å²) in [4.78, 5) is 1.47. The van der Waals surface area contributed by atoms with E-state index in [1.165, 1.54) is 21.5 Å². The maximum Gasteiger partial charge on any atom is 0.0701 e. The minimum atomic E-state index is 0.507. The Kier molecular flexibility index (Phi) is 3.24. The second-order valence-electron chi connectivity index (χ2n) is 5.91. The molecule has 2 aromatic rings. The number of halogens is 1. The predicted molar refractivity (Wildman–Crippen MR) is 88.3 cm³/mol. The van der Waals surface area contributed by atoms with Gasteiger partial charge >= 0.3 is 0 Å². The van der Waals surface area contributed by atoms with Crippen LogP contribution in [0.1, 0.15) is 34.4 Å². The fourth-order valence-electron chi connectivity index (χ4n) is 4.09. The molecule has 0 aliphatic heterocycles. The van der Waals surface area contributed by atoms with Gasteiger partial charge in [-0.05, 0) is 76.8 Å². The number of aryl methyl sites for hydroxylation is 1. The molecule has 4 unspecified atom stereocenters. The number of benzene rings is 1. The van der Waals surface area contributed by atoms with Gasteiger partial charge in [-0.15, -0.1) is 11.3 Å². The molecule has 0 amide bonds. The topological polar surface area (TPSA) is 12.0 Å². The Bertz CT molecular complexity index is 635. The van der Waals surface area contributed by atoms with E-state index < -0.39 is 0 Å². The van der Waals surface area contributed by atoms with Crippen LogP contribution in [0.3, 0.4) is 0 Å². The Labute approximate surface area is 132 Å². The number of hydrogen-bond acceptors (Lipinski definition) is 2. The van der Waals surface area contributed by atoms with E-state index in [1.54, 1.807) is 11.1 Å². The molecule has 1 nitrogen and oxygen atoms in total. The highest BCUT2D eigenvalue weighted by atomic mass is 79.9. The average molecular weight is 348 g/mol. The lowest BCUT2D eigenvalue weighted by Gasteiger charge is -2.15. The normalized spacial score (nSPS) is 28.6. The van der Waals surface area contributed by atoms with Crippen LogP contribution in [0.5, 0.6) is 0 Å². The Morgan fingerprint density at radius 1 is 1.25 bits per heavy atom. The number of nitrogens with one attached hydrogen (secondary N) is 1. The van der Waals surface area contributed by atoms with Crippen LogP contribution in [0.25, 0.3) is 0 Å². The van der Waals surface area contributed by atoms with Crippen molar-refractivity contribution in [2.45, 2.75) is 24.8 Å². The lowest BCUT2D eigenvalue weighted by atomic mass is 9.92. The molecule has 2 aliphatic carbocycles. The first kappa shape index (κ1) is 13.1. The zero-order valence-corrected chi connectivity index (χ0v) is 13.9. The molecule has 1 aromatic carbocycles. The van der Waals surface area contributed by atoms with Crippen molar-refractivity contribution in [1.82, 2.24) is 5.32 Å². The van der Waals surface area contributed by atoms with E-state index in [2.05, 4.69) is 64.7 Å². The summed E-state index contributed by atoms with van der Waals surface area (Å²) in [5.74, 6) is 2.43. The molecule has 1 heterocycles. The second kappa shape index (κ2) is 4.97. The van der Waals surface area contributed by atoms with E-state index in [1.807, 2.05) is 11.3 Å². The summed E-state index contributed by atoms with van der Waals surface area (Å²) in [5, 5.41) is 3.57. The Morgan fingerprint density at radius 2 is 2.10 bits per heavy atom. The maximum absolute atomic E-state index is 3.59. The summed E-state index contributed by atoms with van der Waals surface area (Å²) in [5.41, 5.74) is 3.20. The van der Waals surface area contributed by atoms with Crippen LogP contribution in [0.15, 0.2) is 40.2 Å². The van der Waals surface area contributed by atoms with Crippen LogP contribution >= 0.6 is 27.3 Å². The molecule has 1 aromatic heterocycles. The smallest absolute Gasteiger partial charge is 0.0701 e. The van der Waals surface area contributed by atoms with Gasteiger partial charge in [0.05, 0.1) is 3.79 Å². The zero-order chi connectivity index (χ0) is 13.7. The van der Waals surface area contributed by atoms with Crippen molar-refractivity contribution in [3.63, 3.8) is 0 Å². The van der Waals surface area contributed by atoms with Crippen molar-refractivity contribution >= 4 is 27.3 Å². The van der Waals surface area contributed by atoms with Crippen LogP contribution in [-0.4, -0.2) is 7.05 Å². The number of hydrogen-bond donors (Lipinski definition) is 1. The Hall–Kier alpha value is -0.640. The van der Waals surface area contributed by atoms with E-state index in [-0.39, 0.29) is 0 Å². The van der Waals surface area contributed by atoms with Crippen LogP contribution in [0.2, 0.25) is 0 Å². The molecule has 20 heavy (non-hydrogen) atoms. The van der Waals surface area contributed by atoms with E-state index in [4.69, 9.17) is 0 Å². The predicted octanol–water partition coefficient (Wildman–Crippen LogP) is 4.75. The fraction of sp³-hybridized carbons (Fsp3) is 0.412. The van der Waals surface area contributed by atoms with Gasteiger partial charge in [0.2, 0.25) is 0 Å². The molecule has 4 rings (SSSR count). The van der Waals surface area contributed by atoms with Crippen molar-refractivity contribution in [2.24, 2.45) is 11.8 Å². The van der Waals surface area contributed by atoms with Crippen molar-refractivity contribution in [3.8, 4) is 0 Å². The molecule has 1 fully saturated rings. The molecule has 0 bridgehead atoms. The first-order valence-corrected chi connectivity index (χ1v) is 8.91. The molecule has 1 N–H and O–H groups in total. The minimum Gasteiger partial charge on any atom is -0.312 e. The first-order valence-electron chi connectivity index (χ1n) is 7.30. The van der Waals surface area contributed by atoms with Crippen LogP contribution in [0, 0.1) is 11.8 Å². The number of thiophene rings is 1. The molecular formula is C17H18BrNS. The summed E-state index contributed by atoms with van der Waals surface area (Å²) < 4.78 is 1.23. The number of fused-ring (bicyclic) bond motifs is 3. The third-order valence-corrected chi connectivity index (χ3v) is 6.69. The van der Waals surface area contributed by atoms with Gasteiger partial charge in [-0.1, -0.05) is 24.3 Å². The largest absolute Gasteiger partial charge is 0.312 e. The summed E-state index contributed by atoms with van der Waals surface area (Å²) in [6, 6.07) is 14.0. The minimum absolute atomic E-state index is 0.507. The fourth-order valence-corrected chi connectivity index (χ4v) is 5.69. The van der Waals surface area contributed by atoms with Crippen LogP contribution < -0.4 is 5.32 Å². The lowest BCUT2D eigenvalue weighted by molar-refractivity contribution is 0.491. The molecule has 104 valence electrons. The highest BCUT2D eigenvalue weighted by Gasteiger charge is 2.56. The molecule has 1 saturated carbocycles. The van der Waals surface area contributed by atoms with Gasteiger partial charge in [0.15, 0.2) is 0 Å². The molecule has 0 saturated heterocycles. The second-order valence-corrected chi connectivity index (χ2v) is 8.41. The van der Waals surface area contributed by atoms with E-state index >= 15 is 0 Å². The summed E-state index contributed by atoms with van der Waals surface area (Å²) >= 11 is 5.46. The molecule has 4 atom stereocenters. The van der Waals surface area contributed by atoms with Gasteiger partial charge in [-0.2, -0.15) is 0 Å². The van der Waals surface area contributed by atoms with Crippen LogP contribution in [0.4, 0.5) is 0 Å². The van der Waals surface area contributed by atoms with Gasteiger partial charge in [0, 0.05) is 10.9 Å². The number of rotatable bonds is 3. The van der Waals surface area contributed by atoms with Gasteiger partial charge in [0.25, 0.3) is 0 Å². The van der Waals surface area contributed by atoms with Crippen molar-refractivity contribution in [2.75, 3.05) is 7.05 Å². The van der Waals surface area contributed by atoms with E-state index in [0.29, 0.717) is 6.04 Å². The van der Waals surface area contributed by atoms with Crippen LogP contribution in [-0.2, 0) is 6.42 Å². The van der Waals surface area contributed by atoms with Crippen molar-refractivity contribution < 1.29 is 0 Å². The quantitative estimate of drug-likeness (QED) is 0.844. The van der Waals surface area contributed by atoms with E-state index in [0.717, 1.165) is 17.8 Å². The third kappa shape index (κ3) is 1.99. The molecule has 2 aliphatic rings. The van der Waals surface area contributed by atoms with Crippen molar-refractivity contribution in [1.29, 1.82) is 0 Å². The molecule has 3 heteroatoms. The van der Waals surface area contributed by atoms with E-state index in [9.17, 15) is 0 Å². The lowest BCUT2D eigenvalue weighted by Crippen LogP contribution is -2.18.